The molecule has 6 nitrogen and oxygen atoms in total. The van der Waals surface area contributed by atoms with Gasteiger partial charge in [0.2, 0.25) is 5.95 Å². The number of alkyl halides is 3. The van der Waals surface area contributed by atoms with Crippen molar-refractivity contribution in [2.45, 2.75) is 37.9 Å². The molecule has 1 aliphatic carbocycles. The van der Waals surface area contributed by atoms with E-state index in [4.69, 9.17) is 10.00 Å². The lowest BCUT2D eigenvalue weighted by molar-refractivity contribution is -0.138. The van der Waals surface area contributed by atoms with Crippen molar-refractivity contribution in [2.24, 2.45) is 5.92 Å². The van der Waals surface area contributed by atoms with E-state index in [0.29, 0.717) is 43.2 Å². The molecule has 0 bridgehead atoms. The summed E-state index contributed by atoms with van der Waals surface area (Å²) < 4.78 is 44.0. The fraction of sp³-hybridized carbons (Fsp3) is 0.522. The van der Waals surface area contributed by atoms with Crippen LogP contribution in [0.2, 0.25) is 0 Å². The summed E-state index contributed by atoms with van der Waals surface area (Å²) in [6.07, 6.45) is 1.78. The molecule has 1 aliphatic heterocycles. The van der Waals surface area contributed by atoms with Crippen LogP contribution in [0.1, 0.15) is 36.8 Å². The lowest BCUT2D eigenvalue weighted by atomic mass is 9.85. The molecule has 2 aromatic rings. The minimum absolute atomic E-state index is 0.362. The smallest absolute Gasteiger partial charge is 0.419 e. The standard InChI is InChI=1S/C23H26F3N5O/c24-23(25,26)19-14-28-22(29-15-19)31-11-9-30(10-12-31)20-5-1-18(2-6-20)16-32-21-7-3-17(13-27)4-8-21/h3-4,7-8,14-15,18,20H,1-2,5-6,9-12,16H2/t18-,20-. The second-order valence-corrected chi connectivity index (χ2v) is 8.41. The van der Waals surface area contributed by atoms with Gasteiger partial charge in [0.15, 0.2) is 0 Å². The Balaban J connectivity index is 1.19. The molecule has 1 aromatic heterocycles. The van der Waals surface area contributed by atoms with Crippen LogP contribution in [0.4, 0.5) is 19.1 Å². The van der Waals surface area contributed by atoms with Gasteiger partial charge in [-0.2, -0.15) is 18.4 Å². The molecule has 0 atom stereocenters. The third-order valence-electron chi connectivity index (χ3n) is 6.36. The third kappa shape index (κ3) is 5.49. The predicted octanol–water partition coefficient (Wildman–Crippen LogP) is 4.13. The van der Waals surface area contributed by atoms with Gasteiger partial charge in [-0.25, -0.2) is 9.97 Å². The molecule has 32 heavy (non-hydrogen) atoms. The lowest BCUT2D eigenvalue weighted by Gasteiger charge is -2.42. The number of nitrogens with zero attached hydrogens (tertiary/aromatic N) is 5. The number of nitriles is 1. The zero-order valence-corrected chi connectivity index (χ0v) is 17.8. The highest BCUT2D eigenvalue weighted by Gasteiger charge is 2.32. The first-order valence-corrected chi connectivity index (χ1v) is 10.9. The highest BCUT2D eigenvalue weighted by molar-refractivity contribution is 5.34. The molecule has 4 rings (SSSR count). The summed E-state index contributed by atoms with van der Waals surface area (Å²) >= 11 is 0. The van der Waals surface area contributed by atoms with Crippen LogP contribution in [-0.4, -0.2) is 53.7 Å². The van der Waals surface area contributed by atoms with Crippen molar-refractivity contribution in [1.82, 2.24) is 14.9 Å². The average molecular weight is 445 g/mol. The molecule has 0 radical (unpaired) electrons. The Morgan fingerprint density at radius 2 is 1.59 bits per heavy atom. The van der Waals surface area contributed by atoms with Gasteiger partial charge in [-0.05, 0) is 55.9 Å². The molecule has 0 N–H and O–H groups in total. The monoisotopic (exact) mass is 445 g/mol. The molecule has 1 aromatic carbocycles. The molecular formula is C23H26F3N5O. The predicted molar refractivity (Wildman–Crippen MR) is 113 cm³/mol. The van der Waals surface area contributed by atoms with Gasteiger partial charge < -0.3 is 9.64 Å². The third-order valence-corrected chi connectivity index (χ3v) is 6.36. The second kappa shape index (κ2) is 9.74. The SMILES string of the molecule is N#Cc1ccc(OC[C@H]2CC[C@H](N3CCN(c4ncc(C(F)(F)F)cn4)CC3)CC2)cc1. The van der Waals surface area contributed by atoms with E-state index in [0.717, 1.165) is 56.9 Å². The largest absolute Gasteiger partial charge is 0.493 e. The fourth-order valence-electron chi connectivity index (χ4n) is 4.43. The van der Waals surface area contributed by atoms with Crippen molar-refractivity contribution in [3.05, 3.63) is 47.8 Å². The summed E-state index contributed by atoms with van der Waals surface area (Å²) in [6, 6.07) is 9.85. The van der Waals surface area contributed by atoms with Crippen molar-refractivity contribution in [3.63, 3.8) is 0 Å². The highest BCUT2D eigenvalue weighted by Crippen LogP contribution is 2.30. The number of hydrogen-bond donors (Lipinski definition) is 0. The minimum atomic E-state index is -4.41. The molecule has 2 heterocycles. The summed E-state index contributed by atoms with van der Waals surface area (Å²) in [7, 11) is 0. The quantitative estimate of drug-likeness (QED) is 0.690. The summed E-state index contributed by atoms with van der Waals surface area (Å²) in [5.41, 5.74) is -0.192. The van der Waals surface area contributed by atoms with Crippen LogP contribution in [0, 0.1) is 17.2 Å². The van der Waals surface area contributed by atoms with E-state index in [1.807, 2.05) is 17.0 Å². The van der Waals surface area contributed by atoms with E-state index in [9.17, 15) is 13.2 Å². The van der Waals surface area contributed by atoms with Crippen molar-refractivity contribution >= 4 is 5.95 Å². The molecule has 0 unspecified atom stereocenters. The van der Waals surface area contributed by atoms with Gasteiger partial charge in [0, 0.05) is 44.6 Å². The summed E-state index contributed by atoms with van der Waals surface area (Å²) in [5.74, 6) is 1.69. The fourth-order valence-corrected chi connectivity index (χ4v) is 4.43. The number of hydrogen-bond acceptors (Lipinski definition) is 6. The van der Waals surface area contributed by atoms with Crippen LogP contribution in [0.5, 0.6) is 5.75 Å². The number of halogens is 3. The normalized spacial score (nSPS) is 22.4. The van der Waals surface area contributed by atoms with Gasteiger partial charge >= 0.3 is 6.18 Å². The van der Waals surface area contributed by atoms with Crippen LogP contribution < -0.4 is 9.64 Å². The van der Waals surface area contributed by atoms with Crippen LogP contribution in [0.3, 0.4) is 0 Å². The zero-order chi connectivity index (χ0) is 22.6. The highest BCUT2D eigenvalue weighted by atomic mass is 19.4. The van der Waals surface area contributed by atoms with Crippen molar-refractivity contribution in [1.29, 1.82) is 5.26 Å². The first-order chi connectivity index (χ1) is 15.4. The van der Waals surface area contributed by atoms with E-state index in [-0.39, 0.29) is 0 Å². The Kier molecular flexibility index (Phi) is 6.80. The van der Waals surface area contributed by atoms with Crippen molar-refractivity contribution in [2.75, 3.05) is 37.7 Å². The molecule has 170 valence electrons. The number of anilines is 1. The Hall–Kier alpha value is -2.86. The molecule has 1 saturated heterocycles. The van der Waals surface area contributed by atoms with Gasteiger partial charge in [-0.3, -0.25) is 4.90 Å². The van der Waals surface area contributed by atoms with Gasteiger partial charge in [0.1, 0.15) is 5.75 Å². The van der Waals surface area contributed by atoms with Gasteiger partial charge in [-0.1, -0.05) is 0 Å². The molecule has 9 heteroatoms. The van der Waals surface area contributed by atoms with Crippen LogP contribution in [0.15, 0.2) is 36.7 Å². The van der Waals surface area contributed by atoms with E-state index < -0.39 is 11.7 Å². The molecule has 2 fully saturated rings. The number of piperazine rings is 1. The number of benzene rings is 1. The van der Waals surface area contributed by atoms with E-state index >= 15 is 0 Å². The number of aromatic nitrogens is 2. The summed E-state index contributed by atoms with van der Waals surface area (Å²) in [6.45, 7) is 3.85. The first-order valence-electron chi connectivity index (χ1n) is 10.9. The van der Waals surface area contributed by atoms with Gasteiger partial charge in [0.25, 0.3) is 0 Å². The molecule has 1 saturated carbocycles. The maximum atomic E-state index is 12.7. The van der Waals surface area contributed by atoms with E-state index in [1.165, 1.54) is 0 Å². The zero-order valence-electron chi connectivity index (χ0n) is 17.8. The topological polar surface area (TPSA) is 65.3 Å². The van der Waals surface area contributed by atoms with Gasteiger partial charge in [-0.15, -0.1) is 0 Å². The second-order valence-electron chi connectivity index (χ2n) is 8.41. The molecule has 0 spiro atoms. The Bertz CT molecular complexity index is 911. The molecule has 0 amide bonds. The maximum Gasteiger partial charge on any atom is 0.419 e. The maximum absolute atomic E-state index is 12.7. The number of ether oxygens (including phenoxy) is 1. The Morgan fingerprint density at radius 1 is 0.969 bits per heavy atom. The van der Waals surface area contributed by atoms with Crippen LogP contribution in [0.25, 0.3) is 0 Å². The summed E-state index contributed by atoms with van der Waals surface area (Å²) in [4.78, 5) is 12.3. The lowest BCUT2D eigenvalue weighted by Crippen LogP contribution is -2.51. The Labute approximate surface area is 185 Å². The van der Waals surface area contributed by atoms with E-state index in [1.54, 1.807) is 12.1 Å². The van der Waals surface area contributed by atoms with Crippen molar-refractivity contribution in [3.8, 4) is 11.8 Å². The van der Waals surface area contributed by atoms with Gasteiger partial charge in [0.05, 0.1) is 23.8 Å². The molecule has 2 aliphatic rings. The molecular weight excluding hydrogens is 419 g/mol. The summed E-state index contributed by atoms with van der Waals surface area (Å²) in [5, 5.41) is 8.86. The van der Waals surface area contributed by atoms with E-state index in [2.05, 4.69) is 20.9 Å². The number of rotatable bonds is 5. The average Bonchev–Trinajstić information content (AvgIpc) is 2.83. The van der Waals surface area contributed by atoms with Crippen LogP contribution >= 0.6 is 0 Å². The van der Waals surface area contributed by atoms with Crippen LogP contribution in [-0.2, 0) is 6.18 Å². The van der Waals surface area contributed by atoms with Crippen molar-refractivity contribution < 1.29 is 17.9 Å². The minimum Gasteiger partial charge on any atom is -0.493 e. The Morgan fingerprint density at radius 3 is 2.16 bits per heavy atom. The first kappa shape index (κ1) is 22.3.